The number of hydrogen-bond donors (Lipinski definition) is 0. The van der Waals surface area contributed by atoms with E-state index in [0.29, 0.717) is 0 Å². The zero-order chi connectivity index (χ0) is 8.23. The molecule has 2 rings (SSSR count). The number of aromatic nitrogens is 1. The zero-order valence-electron chi connectivity index (χ0n) is 6.55. The molecule has 0 aliphatic heterocycles. The monoisotopic (exact) mass is 159 g/mol. The second kappa shape index (κ2) is 3.13. The number of hydrogen-bond acceptors (Lipinski definition) is 1. The molecule has 0 N–H and O–H groups in total. The standard InChI is InChI=1S/C10H9NO/c1-2-6-10(7-3-1)12-11-8-4-5-9-11/h1-9H. The van der Waals surface area contributed by atoms with E-state index in [9.17, 15) is 0 Å². The predicted molar refractivity (Wildman–Crippen MR) is 46.9 cm³/mol. The van der Waals surface area contributed by atoms with Gasteiger partial charge >= 0.3 is 0 Å². The summed E-state index contributed by atoms with van der Waals surface area (Å²) in [6, 6.07) is 13.5. The molecule has 2 heteroatoms. The molecule has 0 saturated heterocycles. The highest BCUT2D eigenvalue weighted by Crippen LogP contribution is 2.08. The molecule has 1 heterocycles. The lowest BCUT2D eigenvalue weighted by atomic mass is 10.3. The number of nitrogens with zero attached hydrogens (tertiary/aromatic N) is 1. The summed E-state index contributed by atoms with van der Waals surface area (Å²) in [6.45, 7) is 0. The van der Waals surface area contributed by atoms with Gasteiger partial charge in [0.1, 0.15) is 0 Å². The van der Waals surface area contributed by atoms with Gasteiger partial charge in [0, 0.05) is 12.4 Å². The van der Waals surface area contributed by atoms with Crippen LogP contribution in [0.3, 0.4) is 0 Å². The van der Waals surface area contributed by atoms with Crippen LogP contribution in [0.1, 0.15) is 0 Å². The van der Waals surface area contributed by atoms with Crippen LogP contribution in [0.4, 0.5) is 0 Å². The lowest BCUT2D eigenvalue weighted by molar-refractivity contribution is 0.217. The molecular formula is C10H9NO. The number of rotatable bonds is 2. The van der Waals surface area contributed by atoms with Gasteiger partial charge in [0.2, 0.25) is 0 Å². The normalized spacial score (nSPS) is 9.67. The number of para-hydroxylation sites is 1. The molecular weight excluding hydrogens is 150 g/mol. The first-order chi connectivity index (χ1) is 5.95. The topological polar surface area (TPSA) is 14.2 Å². The quantitative estimate of drug-likeness (QED) is 0.656. The van der Waals surface area contributed by atoms with Crippen molar-refractivity contribution in [3.63, 3.8) is 0 Å². The molecule has 60 valence electrons. The summed E-state index contributed by atoms with van der Waals surface area (Å²) in [7, 11) is 0. The molecule has 0 fully saturated rings. The molecule has 0 aliphatic rings. The largest absolute Gasteiger partial charge is 0.376 e. The third kappa shape index (κ3) is 1.48. The summed E-state index contributed by atoms with van der Waals surface area (Å²) in [5.74, 6) is 0.841. The van der Waals surface area contributed by atoms with Gasteiger partial charge < -0.3 is 4.84 Å². The first kappa shape index (κ1) is 6.98. The van der Waals surface area contributed by atoms with Gasteiger partial charge in [-0.2, -0.15) is 4.73 Å². The van der Waals surface area contributed by atoms with Crippen molar-refractivity contribution in [2.24, 2.45) is 0 Å². The van der Waals surface area contributed by atoms with Gasteiger partial charge in [-0.05, 0) is 24.3 Å². The van der Waals surface area contributed by atoms with Crippen molar-refractivity contribution < 1.29 is 4.84 Å². The molecule has 1 aromatic carbocycles. The van der Waals surface area contributed by atoms with E-state index in [-0.39, 0.29) is 0 Å². The maximum Gasteiger partial charge on any atom is 0.155 e. The van der Waals surface area contributed by atoms with Crippen LogP contribution < -0.4 is 4.84 Å². The fraction of sp³-hybridized carbons (Fsp3) is 0. The molecule has 0 radical (unpaired) electrons. The average molecular weight is 159 g/mol. The average Bonchev–Trinajstić information content (AvgIpc) is 2.59. The molecule has 1 aromatic heterocycles. The molecule has 0 unspecified atom stereocenters. The molecule has 2 aromatic rings. The van der Waals surface area contributed by atoms with Crippen LogP contribution in [0.5, 0.6) is 5.75 Å². The van der Waals surface area contributed by atoms with E-state index in [1.165, 1.54) is 0 Å². The van der Waals surface area contributed by atoms with Crippen LogP contribution >= 0.6 is 0 Å². The molecule has 0 atom stereocenters. The molecule has 0 aliphatic carbocycles. The molecule has 2 nitrogen and oxygen atoms in total. The molecule has 0 saturated carbocycles. The second-order valence-electron chi connectivity index (χ2n) is 2.45. The minimum Gasteiger partial charge on any atom is -0.376 e. The van der Waals surface area contributed by atoms with Gasteiger partial charge in [-0.25, -0.2) is 0 Å². The summed E-state index contributed by atoms with van der Waals surface area (Å²) in [4.78, 5) is 5.44. The van der Waals surface area contributed by atoms with E-state index in [4.69, 9.17) is 4.84 Å². The maximum atomic E-state index is 5.44. The summed E-state index contributed by atoms with van der Waals surface area (Å²) < 4.78 is 1.66. The van der Waals surface area contributed by atoms with Crippen LogP contribution in [-0.4, -0.2) is 4.73 Å². The Morgan fingerprint density at radius 2 is 1.50 bits per heavy atom. The molecule has 0 bridgehead atoms. The van der Waals surface area contributed by atoms with Crippen LogP contribution in [0, 0.1) is 0 Å². The van der Waals surface area contributed by atoms with E-state index in [0.717, 1.165) is 5.75 Å². The van der Waals surface area contributed by atoms with Crippen LogP contribution in [-0.2, 0) is 0 Å². The molecule has 0 amide bonds. The molecule has 0 spiro atoms. The molecule has 12 heavy (non-hydrogen) atoms. The zero-order valence-corrected chi connectivity index (χ0v) is 6.55. The van der Waals surface area contributed by atoms with E-state index < -0.39 is 0 Å². The Hall–Kier alpha value is -1.70. The van der Waals surface area contributed by atoms with Gasteiger partial charge in [-0.3, -0.25) is 0 Å². The fourth-order valence-electron chi connectivity index (χ4n) is 0.983. The van der Waals surface area contributed by atoms with Crippen molar-refractivity contribution in [3.05, 3.63) is 54.9 Å². The summed E-state index contributed by atoms with van der Waals surface area (Å²) in [5.41, 5.74) is 0. The summed E-state index contributed by atoms with van der Waals surface area (Å²) in [5, 5.41) is 0. The van der Waals surface area contributed by atoms with E-state index in [2.05, 4.69) is 0 Å². The van der Waals surface area contributed by atoms with Crippen molar-refractivity contribution in [1.29, 1.82) is 0 Å². The van der Waals surface area contributed by atoms with E-state index in [1.54, 1.807) is 4.73 Å². The SMILES string of the molecule is c1ccc(On2cccc2)cc1. The van der Waals surface area contributed by atoms with Gasteiger partial charge in [-0.15, -0.1) is 0 Å². The lowest BCUT2D eigenvalue weighted by Crippen LogP contribution is -2.00. The van der Waals surface area contributed by atoms with Gasteiger partial charge in [0.15, 0.2) is 5.75 Å². The Kier molecular flexibility index (Phi) is 1.82. The predicted octanol–water partition coefficient (Wildman–Crippen LogP) is 2.33. The highest BCUT2D eigenvalue weighted by molar-refractivity contribution is 5.20. The fourth-order valence-corrected chi connectivity index (χ4v) is 0.983. The van der Waals surface area contributed by atoms with E-state index in [1.807, 2.05) is 54.9 Å². The summed E-state index contributed by atoms with van der Waals surface area (Å²) in [6.07, 6.45) is 3.71. The first-order valence-corrected chi connectivity index (χ1v) is 3.81. The van der Waals surface area contributed by atoms with Gasteiger partial charge in [0.25, 0.3) is 0 Å². The van der Waals surface area contributed by atoms with Gasteiger partial charge in [-0.1, -0.05) is 18.2 Å². The third-order valence-corrected chi connectivity index (χ3v) is 1.53. The van der Waals surface area contributed by atoms with Gasteiger partial charge in [0.05, 0.1) is 0 Å². The van der Waals surface area contributed by atoms with Crippen molar-refractivity contribution in [2.45, 2.75) is 0 Å². The van der Waals surface area contributed by atoms with Crippen molar-refractivity contribution in [1.82, 2.24) is 4.73 Å². The van der Waals surface area contributed by atoms with Crippen LogP contribution in [0.15, 0.2) is 54.9 Å². The Labute approximate surface area is 71.0 Å². The van der Waals surface area contributed by atoms with E-state index >= 15 is 0 Å². The minimum atomic E-state index is 0.841. The maximum absolute atomic E-state index is 5.44. The Balaban J connectivity index is 2.15. The van der Waals surface area contributed by atoms with Crippen LogP contribution in [0.2, 0.25) is 0 Å². The second-order valence-corrected chi connectivity index (χ2v) is 2.45. The first-order valence-electron chi connectivity index (χ1n) is 3.81. The van der Waals surface area contributed by atoms with Crippen molar-refractivity contribution >= 4 is 0 Å². The van der Waals surface area contributed by atoms with Crippen molar-refractivity contribution in [2.75, 3.05) is 0 Å². The Morgan fingerprint density at radius 3 is 2.17 bits per heavy atom. The van der Waals surface area contributed by atoms with Crippen LogP contribution in [0.25, 0.3) is 0 Å². The lowest BCUT2D eigenvalue weighted by Gasteiger charge is -2.03. The Morgan fingerprint density at radius 1 is 0.833 bits per heavy atom. The third-order valence-electron chi connectivity index (χ3n) is 1.53. The minimum absolute atomic E-state index is 0.841. The van der Waals surface area contributed by atoms with Crippen molar-refractivity contribution in [3.8, 4) is 5.75 Å². The number of benzene rings is 1. The summed E-state index contributed by atoms with van der Waals surface area (Å²) >= 11 is 0. The smallest absolute Gasteiger partial charge is 0.155 e. The highest BCUT2D eigenvalue weighted by atomic mass is 16.7. The Bertz CT molecular complexity index is 326. The highest BCUT2D eigenvalue weighted by Gasteiger charge is 1.90.